The van der Waals surface area contributed by atoms with E-state index in [0.29, 0.717) is 52.3 Å². The monoisotopic (exact) mass is 459 g/mol. The summed E-state index contributed by atoms with van der Waals surface area (Å²) in [5, 5.41) is 3.87. The highest BCUT2D eigenvalue weighted by Gasteiger charge is 2.39. The van der Waals surface area contributed by atoms with Crippen molar-refractivity contribution in [2.75, 3.05) is 13.7 Å². The number of nitrogens with one attached hydrogen (secondary N) is 1. The van der Waals surface area contributed by atoms with Crippen LogP contribution in [0.5, 0.6) is 11.5 Å². The number of halogens is 2. The van der Waals surface area contributed by atoms with Crippen molar-refractivity contribution < 1.29 is 19.1 Å². The third-order valence-corrected chi connectivity index (χ3v) is 6.58. The number of hydrogen-bond donors (Lipinski definition) is 1. The van der Waals surface area contributed by atoms with Crippen LogP contribution in [0, 0.1) is 0 Å². The Labute approximate surface area is 191 Å². The van der Waals surface area contributed by atoms with Crippen molar-refractivity contribution in [1.82, 2.24) is 5.32 Å². The van der Waals surface area contributed by atoms with Crippen LogP contribution in [0.1, 0.15) is 49.1 Å². The average molecular weight is 460 g/mol. The zero-order valence-electron chi connectivity index (χ0n) is 17.3. The first-order chi connectivity index (χ1) is 14.9. The molecule has 2 aromatic carbocycles. The van der Waals surface area contributed by atoms with Crippen LogP contribution in [0.3, 0.4) is 0 Å². The number of amides is 1. The van der Waals surface area contributed by atoms with Gasteiger partial charge in [-0.25, -0.2) is 0 Å². The number of ketones is 1. The predicted molar refractivity (Wildman–Crippen MR) is 120 cm³/mol. The largest absolute Gasteiger partial charge is 0.493 e. The number of carbonyl (C=O) groups is 2. The molecule has 1 aliphatic heterocycles. The SMILES string of the molecule is CCOc1c(OC)cccc1C1CC(=O)NC2=C1C(=O)CC(c1ccc(Cl)c(Cl)c1)C2. The zero-order chi connectivity index (χ0) is 22.1. The summed E-state index contributed by atoms with van der Waals surface area (Å²) in [5.41, 5.74) is 3.07. The normalized spacial score (nSPS) is 20.9. The Balaban J connectivity index is 1.75. The van der Waals surface area contributed by atoms with E-state index in [1.165, 1.54) is 0 Å². The number of para-hydroxylation sites is 1. The van der Waals surface area contributed by atoms with Crippen LogP contribution < -0.4 is 14.8 Å². The van der Waals surface area contributed by atoms with E-state index >= 15 is 0 Å². The summed E-state index contributed by atoms with van der Waals surface area (Å²) >= 11 is 12.2. The molecule has 0 saturated carbocycles. The summed E-state index contributed by atoms with van der Waals surface area (Å²) in [5.74, 6) is 0.631. The van der Waals surface area contributed by atoms with Crippen LogP contribution in [-0.4, -0.2) is 25.4 Å². The highest BCUT2D eigenvalue weighted by Crippen LogP contribution is 2.47. The molecule has 2 aliphatic rings. The van der Waals surface area contributed by atoms with E-state index in [1.54, 1.807) is 19.2 Å². The standard InChI is InChI=1S/C24H23Cl2NO4/c1-3-31-24-15(5-4-6-21(24)30-2)16-12-22(29)27-19-10-14(11-20(28)23(16)19)13-7-8-17(25)18(26)9-13/h4-9,14,16H,3,10-12H2,1-2H3,(H,27,29). The Morgan fingerprint density at radius 3 is 2.58 bits per heavy atom. The van der Waals surface area contributed by atoms with Crippen LogP contribution >= 0.6 is 23.2 Å². The number of ether oxygens (including phenoxy) is 2. The predicted octanol–water partition coefficient (Wildman–Crippen LogP) is 5.41. The van der Waals surface area contributed by atoms with Crippen LogP contribution in [0.15, 0.2) is 47.7 Å². The van der Waals surface area contributed by atoms with Gasteiger partial charge in [0.15, 0.2) is 17.3 Å². The Morgan fingerprint density at radius 1 is 1.06 bits per heavy atom. The number of carbonyl (C=O) groups excluding carboxylic acids is 2. The fourth-order valence-corrected chi connectivity index (χ4v) is 4.80. The summed E-state index contributed by atoms with van der Waals surface area (Å²) < 4.78 is 11.3. The molecule has 1 N–H and O–H groups in total. The number of methoxy groups -OCH3 is 1. The molecule has 7 heteroatoms. The lowest BCUT2D eigenvalue weighted by Crippen LogP contribution is -2.38. The van der Waals surface area contributed by atoms with Gasteiger partial charge >= 0.3 is 0 Å². The Kier molecular flexibility index (Phi) is 6.26. The molecule has 0 radical (unpaired) electrons. The number of allylic oxidation sites excluding steroid dienone is 2. The summed E-state index contributed by atoms with van der Waals surface area (Å²) in [6.45, 7) is 2.34. The topological polar surface area (TPSA) is 64.6 Å². The molecule has 0 bridgehead atoms. The Bertz CT molecular complexity index is 1080. The van der Waals surface area contributed by atoms with E-state index in [0.717, 1.165) is 11.1 Å². The molecule has 162 valence electrons. The Hall–Kier alpha value is -2.50. The van der Waals surface area contributed by atoms with E-state index < -0.39 is 0 Å². The van der Waals surface area contributed by atoms with E-state index in [9.17, 15) is 9.59 Å². The van der Waals surface area contributed by atoms with Gasteiger partial charge in [0.1, 0.15) is 0 Å². The maximum Gasteiger partial charge on any atom is 0.225 e. The molecule has 0 fully saturated rings. The maximum atomic E-state index is 13.3. The minimum atomic E-state index is -0.373. The lowest BCUT2D eigenvalue weighted by Gasteiger charge is -2.35. The second-order valence-corrected chi connectivity index (χ2v) is 8.53. The summed E-state index contributed by atoms with van der Waals surface area (Å²) in [6.07, 6.45) is 1.08. The van der Waals surface area contributed by atoms with Crippen LogP contribution in [0.2, 0.25) is 10.0 Å². The first kappa shape index (κ1) is 21.7. The lowest BCUT2D eigenvalue weighted by molar-refractivity contribution is -0.122. The summed E-state index contributed by atoms with van der Waals surface area (Å²) in [7, 11) is 1.58. The summed E-state index contributed by atoms with van der Waals surface area (Å²) in [4.78, 5) is 25.9. The summed E-state index contributed by atoms with van der Waals surface area (Å²) in [6, 6.07) is 11.0. The molecule has 2 unspecified atom stereocenters. The molecule has 4 rings (SSSR count). The van der Waals surface area contributed by atoms with Crippen LogP contribution in [0.25, 0.3) is 0 Å². The molecular weight excluding hydrogens is 437 g/mol. The van der Waals surface area contributed by atoms with Gasteiger partial charge in [-0.05, 0) is 43.0 Å². The van der Waals surface area contributed by atoms with Gasteiger partial charge in [-0.2, -0.15) is 0 Å². The molecule has 0 saturated heterocycles. The molecule has 2 atom stereocenters. The van der Waals surface area contributed by atoms with Crippen molar-refractivity contribution in [1.29, 1.82) is 0 Å². The van der Waals surface area contributed by atoms with Gasteiger partial charge in [0.2, 0.25) is 5.91 Å². The highest BCUT2D eigenvalue weighted by atomic mass is 35.5. The fourth-order valence-electron chi connectivity index (χ4n) is 4.49. The molecule has 5 nitrogen and oxygen atoms in total. The van der Waals surface area contributed by atoms with Gasteiger partial charge in [-0.3, -0.25) is 9.59 Å². The molecule has 0 aromatic heterocycles. The van der Waals surface area contributed by atoms with E-state index in [1.807, 2.05) is 31.2 Å². The van der Waals surface area contributed by atoms with Crippen molar-refractivity contribution in [3.8, 4) is 11.5 Å². The molecular formula is C24H23Cl2NO4. The molecule has 1 aliphatic carbocycles. The van der Waals surface area contributed by atoms with Crippen molar-refractivity contribution in [3.63, 3.8) is 0 Å². The van der Waals surface area contributed by atoms with Gasteiger partial charge in [0, 0.05) is 35.6 Å². The maximum absolute atomic E-state index is 13.3. The molecule has 31 heavy (non-hydrogen) atoms. The third-order valence-electron chi connectivity index (χ3n) is 5.84. The highest BCUT2D eigenvalue weighted by molar-refractivity contribution is 6.42. The van der Waals surface area contributed by atoms with E-state index in [4.69, 9.17) is 32.7 Å². The number of rotatable bonds is 5. The van der Waals surface area contributed by atoms with Gasteiger partial charge in [0.05, 0.1) is 23.8 Å². The van der Waals surface area contributed by atoms with Crippen molar-refractivity contribution in [3.05, 3.63) is 68.8 Å². The molecule has 1 amide bonds. The minimum absolute atomic E-state index is 0.0209. The second kappa shape index (κ2) is 8.93. The molecule has 2 aromatic rings. The van der Waals surface area contributed by atoms with Crippen LogP contribution in [0.4, 0.5) is 0 Å². The average Bonchev–Trinajstić information content (AvgIpc) is 2.75. The Morgan fingerprint density at radius 2 is 1.87 bits per heavy atom. The van der Waals surface area contributed by atoms with Gasteiger partial charge in [0.25, 0.3) is 0 Å². The number of Topliss-reactive ketones (excluding diaryl/α,β-unsaturated/α-hetero) is 1. The van der Waals surface area contributed by atoms with Crippen LogP contribution in [-0.2, 0) is 9.59 Å². The van der Waals surface area contributed by atoms with Gasteiger partial charge in [-0.1, -0.05) is 41.4 Å². The smallest absolute Gasteiger partial charge is 0.225 e. The van der Waals surface area contributed by atoms with Gasteiger partial charge < -0.3 is 14.8 Å². The number of hydrogen-bond acceptors (Lipinski definition) is 4. The number of benzene rings is 2. The molecule has 0 spiro atoms. The first-order valence-electron chi connectivity index (χ1n) is 10.2. The fraction of sp³-hybridized carbons (Fsp3) is 0.333. The van der Waals surface area contributed by atoms with Crippen molar-refractivity contribution >= 4 is 34.9 Å². The van der Waals surface area contributed by atoms with Gasteiger partial charge in [-0.15, -0.1) is 0 Å². The van der Waals surface area contributed by atoms with Crippen molar-refractivity contribution in [2.24, 2.45) is 0 Å². The van der Waals surface area contributed by atoms with Crippen molar-refractivity contribution in [2.45, 2.75) is 38.0 Å². The quantitative estimate of drug-likeness (QED) is 0.649. The minimum Gasteiger partial charge on any atom is -0.493 e. The molecule has 1 heterocycles. The van der Waals surface area contributed by atoms with E-state index in [-0.39, 0.29) is 29.9 Å². The first-order valence-corrected chi connectivity index (χ1v) is 11.0. The third kappa shape index (κ3) is 4.17. The second-order valence-electron chi connectivity index (χ2n) is 7.71. The zero-order valence-corrected chi connectivity index (χ0v) is 18.8. The lowest BCUT2D eigenvalue weighted by atomic mass is 9.73. The van der Waals surface area contributed by atoms with E-state index in [2.05, 4.69) is 5.32 Å².